The van der Waals surface area contributed by atoms with E-state index < -0.39 is 5.60 Å². The van der Waals surface area contributed by atoms with Crippen molar-refractivity contribution in [1.29, 1.82) is 0 Å². The summed E-state index contributed by atoms with van der Waals surface area (Å²) in [6, 6.07) is 17.2. The Labute approximate surface area is 259 Å². The molecule has 1 N–H and O–H groups in total. The summed E-state index contributed by atoms with van der Waals surface area (Å²) in [6.07, 6.45) is 29.0. The van der Waals surface area contributed by atoms with E-state index in [2.05, 4.69) is 162 Å². The fraction of sp³-hybridized carbons (Fsp3) is 0.268. The Kier molecular flexibility index (Phi) is 9.06. The van der Waals surface area contributed by atoms with E-state index in [0.29, 0.717) is 0 Å². The predicted octanol–water partition coefficient (Wildman–Crippen LogP) is 10.9. The van der Waals surface area contributed by atoms with Crippen molar-refractivity contribution >= 4 is 11.8 Å². The van der Waals surface area contributed by atoms with Crippen LogP contribution in [0.15, 0.2) is 150 Å². The second-order valence-corrected chi connectivity index (χ2v) is 12.2. The molecule has 1 heterocycles. The molecule has 2 aromatic rings. The Hall–Kier alpha value is -4.30. The minimum Gasteiger partial charge on any atom is -0.477 e. The molecule has 2 heteroatoms. The lowest BCUT2D eigenvalue weighted by Crippen LogP contribution is -2.40. The molecule has 5 rings (SSSR count). The highest BCUT2D eigenvalue weighted by Gasteiger charge is 2.42. The van der Waals surface area contributed by atoms with Gasteiger partial charge in [-0.1, -0.05) is 129 Å². The van der Waals surface area contributed by atoms with E-state index in [1.54, 1.807) is 0 Å². The number of benzene rings is 2. The van der Waals surface area contributed by atoms with E-state index in [9.17, 15) is 0 Å². The van der Waals surface area contributed by atoms with Crippen molar-refractivity contribution in [3.05, 3.63) is 167 Å². The van der Waals surface area contributed by atoms with E-state index in [1.807, 2.05) is 6.08 Å². The molecule has 3 aliphatic rings. The summed E-state index contributed by atoms with van der Waals surface area (Å²) in [5.74, 6) is 1.06. The lowest BCUT2D eigenvalue weighted by atomic mass is 9.76. The Morgan fingerprint density at radius 3 is 2.56 bits per heavy atom. The molecular weight excluding hydrogens is 522 g/mol. The van der Waals surface area contributed by atoms with E-state index in [1.165, 1.54) is 28.1 Å². The average molecular weight is 568 g/mol. The van der Waals surface area contributed by atoms with Gasteiger partial charge in [0.2, 0.25) is 0 Å². The van der Waals surface area contributed by atoms with E-state index in [0.717, 1.165) is 41.7 Å². The number of hydrogen-bond acceptors (Lipinski definition) is 2. The standard InChI is InChI=1S/C41H45NO/c1-7-16-34(9-3)41(35-19-14-11-15-20-35,28-27-31-17-12-10-13-18-31)43-39-32(8-2)22-23-33(39)24-26-38-40(5,6)36-29-30(4)21-25-37(36)42-38/h7-19,21,24-29,35,42H,2,20,22-23H2,1,3-6H3/b16-7-,28-27?,33-24+,34-9+,38-26+. The van der Waals surface area contributed by atoms with Crippen LogP contribution >= 0.6 is 0 Å². The van der Waals surface area contributed by atoms with Crippen LogP contribution in [-0.4, -0.2) is 5.60 Å². The Morgan fingerprint density at radius 1 is 1.05 bits per heavy atom. The maximum absolute atomic E-state index is 7.43. The molecule has 0 aromatic heterocycles. The first kappa shape index (κ1) is 30.2. The van der Waals surface area contributed by atoms with Crippen molar-refractivity contribution in [2.45, 2.75) is 64.9 Å². The van der Waals surface area contributed by atoms with Crippen LogP contribution in [0.25, 0.3) is 6.08 Å². The number of anilines is 1. The van der Waals surface area contributed by atoms with Gasteiger partial charge in [0.25, 0.3) is 0 Å². The minimum atomic E-state index is -0.711. The highest BCUT2D eigenvalue weighted by Crippen LogP contribution is 2.46. The van der Waals surface area contributed by atoms with Gasteiger partial charge in [-0.2, -0.15) is 0 Å². The topological polar surface area (TPSA) is 21.3 Å². The first-order valence-electron chi connectivity index (χ1n) is 15.5. The second-order valence-electron chi connectivity index (χ2n) is 12.2. The zero-order valence-electron chi connectivity index (χ0n) is 26.4. The molecule has 2 aromatic carbocycles. The predicted molar refractivity (Wildman–Crippen MR) is 185 cm³/mol. The van der Waals surface area contributed by atoms with Crippen LogP contribution in [0, 0.1) is 12.8 Å². The molecule has 2 unspecified atom stereocenters. The van der Waals surface area contributed by atoms with Crippen LogP contribution in [0.4, 0.5) is 5.69 Å². The fourth-order valence-electron chi connectivity index (χ4n) is 6.44. The average Bonchev–Trinajstić information content (AvgIpc) is 3.53. The molecule has 0 fully saturated rings. The smallest absolute Gasteiger partial charge is 0.159 e. The summed E-state index contributed by atoms with van der Waals surface area (Å²) in [5.41, 5.74) is 8.85. The molecule has 2 nitrogen and oxygen atoms in total. The molecule has 2 aliphatic carbocycles. The van der Waals surface area contributed by atoms with Crippen LogP contribution in [-0.2, 0) is 10.2 Å². The van der Waals surface area contributed by atoms with Crippen LogP contribution in [0.2, 0.25) is 0 Å². The molecule has 220 valence electrons. The van der Waals surface area contributed by atoms with Gasteiger partial charge >= 0.3 is 0 Å². The van der Waals surface area contributed by atoms with Crippen molar-refractivity contribution in [3.63, 3.8) is 0 Å². The van der Waals surface area contributed by atoms with Crippen molar-refractivity contribution in [2.24, 2.45) is 5.92 Å². The third kappa shape index (κ3) is 6.11. The largest absolute Gasteiger partial charge is 0.477 e. The lowest BCUT2D eigenvalue weighted by Gasteiger charge is -2.40. The Balaban J connectivity index is 1.60. The van der Waals surface area contributed by atoms with Crippen molar-refractivity contribution in [3.8, 4) is 0 Å². The van der Waals surface area contributed by atoms with Crippen molar-refractivity contribution < 1.29 is 4.74 Å². The highest BCUT2D eigenvalue weighted by molar-refractivity contribution is 5.69. The molecule has 0 bridgehead atoms. The van der Waals surface area contributed by atoms with E-state index in [-0.39, 0.29) is 11.3 Å². The number of rotatable bonds is 9. The summed E-state index contributed by atoms with van der Waals surface area (Å²) in [4.78, 5) is 0. The summed E-state index contributed by atoms with van der Waals surface area (Å²) in [5, 5.41) is 3.69. The van der Waals surface area contributed by atoms with E-state index in [4.69, 9.17) is 4.74 Å². The van der Waals surface area contributed by atoms with Gasteiger partial charge in [-0.15, -0.1) is 0 Å². The zero-order valence-corrected chi connectivity index (χ0v) is 26.4. The molecule has 1 aliphatic heterocycles. The highest BCUT2D eigenvalue weighted by atomic mass is 16.5. The first-order chi connectivity index (χ1) is 20.8. The van der Waals surface area contributed by atoms with Gasteiger partial charge in [-0.25, -0.2) is 0 Å². The van der Waals surface area contributed by atoms with Crippen molar-refractivity contribution in [1.82, 2.24) is 0 Å². The molecule has 0 radical (unpaired) electrons. The Morgan fingerprint density at radius 2 is 1.86 bits per heavy atom. The monoisotopic (exact) mass is 567 g/mol. The quantitative estimate of drug-likeness (QED) is 0.304. The van der Waals surface area contributed by atoms with Gasteiger partial charge in [-0.3, -0.25) is 0 Å². The minimum absolute atomic E-state index is 0.103. The molecule has 0 saturated carbocycles. The van der Waals surface area contributed by atoms with Crippen LogP contribution < -0.4 is 5.32 Å². The van der Waals surface area contributed by atoms with Gasteiger partial charge in [0.15, 0.2) is 5.60 Å². The van der Waals surface area contributed by atoms with Crippen LogP contribution in [0.3, 0.4) is 0 Å². The summed E-state index contributed by atoms with van der Waals surface area (Å²) in [7, 11) is 0. The van der Waals surface area contributed by atoms with Gasteiger partial charge in [0.1, 0.15) is 5.76 Å². The summed E-state index contributed by atoms with van der Waals surface area (Å²) < 4.78 is 7.43. The Bertz CT molecular complexity index is 1600. The second kappa shape index (κ2) is 12.9. The van der Waals surface area contributed by atoms with Gasteiger partial charge in [0.05, 0.1) is 0 Å². The SMILES string of the molecule is C=CC1=C(OC(C=Cc2ccccc2)(C(/C=C\C)=C/C)C2C=CC=CC2)/C(=C/C=C2/Nc3ccc(C)cc3C2(C)C)CC1. The molecule has 0 amide bonds. The molecule has 0 spiro atoms. The van der Waals surface area contributed by atoms with Crippen molar-refractivity contribution in [2.75, 3.05) is 5.32 Å². The fourth-order valence-corrected chi connectivity index (χ4v) is 6.44. The molecule has 2 atom stereocenters. The molecule has 0 saturated heterocycles. The summed E-state index contributed by atoms with van der Waals surface area (Å²) >= 11 is 0. The number of hydrogen-bond donors (Lipinski definition) is 1. The summed E-state index contributed by atoms with van der Waals surface area (Å²) in [6.45, 7) is 15.1. The third-order valence-electron chi connectivity index (χ3n) is 8.97. The number of aryl methyl sites for hydroxylation is 1. The van der Waals surface area contributed by atoms with Gasteiger partial charge in [-0.05, 0) is 86.1 Å². The third-order valence-corrected chi connectivity index (χ3v) is 8.97. The van der Waals surface area contributed by atoms with Gasteiger partial charge in [0, 0.05) is 22.7 Å². The van der Waals surface area contributed by atoms with Gasteiger partial charge < -0.3 is 10.1 Å². The number of allylic oxidation sites excluding steroid dienone is 11. The van der Waals surface area contributed by atoms with Crippen LogP contribution in [0.5, 0.6) is 0 Å². The number of nitrogens with one attached hydrogen (secondary N) is 1. The van der Waals surface area contributed by atoms with Crippen LogP contribution in [0.1, 0.15) is 63.6 Å². The lowest BCUT2D eigenvalue weighted by molar-refractivity contribution is 0.0490. The molecule has 43 heavy (non-hydrogen) atoms. The first-order valence-corrected chi connectivity index (χ1v) is 15.5. The molecular formula is C41H45NO. The normalized spacial score (nSPS) is 22.9. The maximum Gasteiger partial charge on any atom is 0.159 e. The maximum atomic E-state index is 7.43. The zero-order chi connectivity index (χ0) is 30.5. The number of ether oxygens (including phenoxy) is 1. The number of fused-ring (bicyclic) bond motifs is 1. The van der Waals surface area contributed by atoms with E-state index >= 15 is 0 Å².